The number of ether oxygens (including phenoxy) is 1. The summed E-state index contributed by atoms with van der Waals surface area (Å²) in [5, 5.41) is 8.80. The van der Waals surface area contributed by atoms with Crippen molar-refractivity contribution in [3.05, 3.63) is 90.0 Å². The lowest BCUT2D eigenvalue weighted by atomic mass is 10.1. The normalized spacial score (nSPS) is 11.3. The fourth-order valence-corrected chi connectivity index (χ4v) is 2.97. The number of amides is 2. The molecule has 3 N–H and O–H groups in total. The Morgan fingerprint density at radius 2 is 1.66 bits per heavy atom. The van der Waals surface area contributed by atoms with Crippen molar-refractivity contribution in [2.45, 2.75) is 32.9 Å². The summed E-state index contributed by atoms with van der Waals surface area (Å²) in [6, 6.07) is 24.1. The van der Waals surface area contributed by atoms with Gasteiger partial charge < -0.3 is 20.7 Å². The Labute approximate surface area is 189 Å². The van der Waals surface area contributed by atoms with Crippen LogP contribution in [0, 0.1) is 0 Å². The maximum atomic E-state index is 12.4. The first-order valence-corrected chi connectivity index (χ1v) is 10.8. The molecule has 0 aromatic heterocycles. The van der Waals surface area contributed by atoms with Crippen LogP contribution in [0.15, 0.2) is 78.9 Å². The van der Waals surface area contributed by atoms with Gasteiger partial charge in [-0.25, -0.2) is 0 Å². The Balaban J connectivity index is 1.48. The summed E-state index contributed by atoms with van der Waals surface area (Å²) in [6.45, 7) is 4.65. The first kappa shape index (κ1) is 22.9. The van der Waals surface area contributed by atoms with Crippen molar-refractivity contribution in [1.29, 1.82) is 0 Å². The van der Waals surface area contributed by atoms with Crippen molar-refractivity contribution < 1.29 is 14.3 Å². The second-order valence-corrected chi connectivity index (χ2v) is 7.51. The number of anilines is 2. The first-order chi connectivity index (χ1) is 15.5. The monoisotopic (exact) mass is 431 g/mol. The lowest BCUT2D eigenvalue weighted by molar-refractivity contribution is -0.114. The molecule has 1 atom stereocenters. The Morgan fingerprint density at radius 1 is 0.906 bits per heavy atom. The van der Waals surface area contributed by atoms with Crippen molar-refractivity contribution in [3.8, 4) is 5.75 Å². The van der Waals surface area contributed by atoms with Crippen molar-refractivity contribution in [2.75, 3.05) is 17.2 Å². The SMILES string of the molecule is CCC(C)Oc1ccc(NCC(=O)Nc2cccc(C(=O)NCc3ccccc3)c2)cc1. The van der Waals surface area contributed by atoms with Crippen molar-refractivity contribution in [2.24, 2.45) is 0 Å². The fourth-order valence-electron chi connectivity index (χ4n) is 2.97. The minimum Gasteiger partial charge on any atom is -0.491 e. The molecule has 0 saturated heterocycles. The molecular weight excluding hydrogens is 402 g/mol. The van der Waals surface area contributed by atoms with Crippen LogP contribution >= 0.6 is 0 Å². The van der Waals surface area contributed by atoms with E-state index in [4.69, 9.17) is 4.74 Å². The van der Waals surface area contributed by atoms with E-state index in [9.17, 15) is 9.59 Å². The quantitative estimate of drug-likeness (QED) is 0.429. The van der Waals surface area contributed by atoms with Crippen molar-refractivity contribution in [3.63, 3.8) is 0 Å². The zero-order valence-corrected chi connectivity index (χ0v) is 18.4. The summed E-state index contributed by atoms with van der Waals surface area (Å²) in [5.41, 5.74) is 2.91. The van der Waals surface area contributed by atoms with Crippen molar-refractivity contribution >= 4 is 23.2 Å². The predicted octanol–water partition coefficient (Wildman–Crippen LogP) is 4.84. The van der Waals surface area contributed by atoms with Crippen LogP contribution < -0.4 is 20.7 Å². The molecule has 6 nitrogen and oxygen atoms in total. The number of hydrogen-bond acceptors (Lipinski definition) is 4. The Hall–Kier alpha value is -3.80. The second-order valence-electron chi connectivity index (χ2n) is 7.51. The van der Waals surface area contributed by atoms with E-state index in [1.165, 1.54) is 0 Å². The summed E-state index contributed by atoms with van der Waals surface area (Å²) >= 11 is 0. The molecule has 0 aliphatic heterocycles. The number of nitrogens with one attached hydrogen (secondary N) is 3. The molecule has 3 aromatic rings. The van der Waals surface area contributed by atoms with Gasteiger partial charge in [0.1, 0.15) is 5.75 Å². The van der Waals surface area contributed by atoms with E-state index in [1.807, 2.05) is 61.5 Å². The highest BCUT2D eigenvalue weighted by Crippen LogP contribution is 2.17. The summed E-state index contributed by atoms with van der Waals surface area (Å²) < 4.78 is 5.76. The van der Waals surface area contributed by atoms with Gasteiger partial charge in [0.05, 0.1) is 12.6 Å². The molecule has 0 radical (unpaired) electrons. The van der Waals surface area contributed by atoms with Crippen LogP contribution in [0.25, 0.3) is 0 Å². The Kier molecular flexibility index (Phi) is 8.26. The highest BCUT2D eigenvalue weighted by Gasteiger charge is 2.08. The van der Waals surface area contributed by atoms with E-state index in [-0.39, 0.29) is 24.5 Å². The molecule has 2 amide bonds. The van der Waals surface area contributed by atoms with Crippen LogP contribution in [-0.2, 0) is 11.3 Å². The molecule has 0 fully saturated rings. The molecule has 0 aliphatic rings. The number of carbonyl (C=O) groups excluding carboxylic acids is 2. The lowest BCUT2D eigenvalue weighted by Crippen LogP contribution is -2.24. The van der Waals surface area contributed by atoms with Gasteiger partial charge in [0.15, 0.2) is 0 Å². The maximum Gasteiger partial charge on any atom is 0.251 e. The molecular formula is C26H29N3O3. The van der Waals surface area contributed by atoms with Gasteiger partial charge in [-0.1, -0.05) is 43.3 Å². The molecule has 0 bridgehead atoms. The van der Waals surface area contributed by atoms with E-state index >= 15 is 0 Å². The molecule has 3 aromatic carbocycles. The van der Waals surface area contributed by atoms with E-state index in [0.29, 0.717) is 17.8 Å². The minimum atomic E-state index is -0.202. The average Bonchev–Trinajstić information content (AvgIpc) is 2.83. The van der Waals surface area contributed by atoms with Crippen LogP contribution in [0.4, 0.5) is 11.4 Å². The largest absolute Gasteiger partial charge is 0.491 e. The zero-order valence-electron chi connectivity index (χ0n) is 18.4. The zero-order chi connectivity index (χ0) is 22.8. The summed E-state index contributed by atoms with van der Waals surface area (Å²) in [5.74, 6) is 0.409. The van der Waals surface area contributed by atoms with Gasteiger partial charge in [-0.15, -0.1) is 0 Å². The van der Waals surface area contributed by atoms with E-state index in [1.54, 1.807) is 24.3 Å². The van der Waals surface area contributed by atoms with Gasteiger partial charge in [-0.2, -0.15) is 0 Å². The van der Waals surface area contributed by atoms with Gasteiger partial charge in [0.2, 0.25) is 5.91 Å². The number of benzene rings is 3. The van der Waals surface area contributed by atoms with Gasteiger partial charge in [0.25, 0.3) is 5.91 Å². The Morgan fingerprint density at radius 3 is 2.38 bits per heavy atom. The number of rotatable bonds is 10. The molecule has 0 spiro atoms. The highest BCUT2D eigenvalue weighted by molar-refractivity contribution is 5.98. The third kappa shape index (κ3) is 7.16. The van der Waals surface area contributed by atoms with Crippen LogP contribution in [0.5, 0.6) is 5.75 Å². The topological polar surface area (TPSA) is 79.5 Å². The second kappa shape index (κ2) is 11.6. The summed E-state index contributed by atoms with van der Waals surface area (Å²) in [6.07, 6.45) is 1.10. The number of hydrogen-bond donors (Lipinski definition) is 3. The fraction of sp³-hybridized carbons (Fsp3) is 0.231. The first-order valence-electron chi connectivity index (χ1n) is 10.8. The maximum absolute atomic E-state index is 12.4. The van der Waals surface area contributed by atoms with E-state index in [2.05, 4.69) is 22.9 Å². The lowest BCUT2D eigenvalue weighted by Gasteiger charge is -2.13. The molecule has 0 aliphatic carbocycles. The van der Waals surface area contributed by atoms with Crippen molar-refractivity contribution in [1.82, 2.24) is 5.32 Å². The van der Waals surface area contributed by atoms with Crippen LogP contribution in [0.2, 0.25) is 0 Å². The highest BCUT2D eigenvalue weighted by atomic mass is 16.5. The van der Waals surface area contributed by atoms with E-state index < -0.39 is 0 Å². The Bertz CT molecular complexity index is 1020. The minimum absolute atomic E-state index is 0.107. The molecule has 32 heavy (non-hydrogen) atoms. The smallest absolute Gasteiger partial charge is 0.251 e. The number of carbonyl (C=O) groups is 2. The van der Waals surface area contributed by atoms with Crippen LogP contribution in [-0.4, -0.2) is 24.5 Å². The molecule has 3 rings (SSSR count). The molecule has 166 valence electrons. The average molecular weight is 432 g/mol. The van der Waals surface area contributed by atoms with Gasteiger partial charge in [-0.05, 0) is 61.4 Å². The molecule has 6 heteroatoms. The third-order valence-corrected chi connectivity index (χ3v) is 4.92. The van der Waals surface area contributed by atoms with E-state index in [0.717, 1.165) is 23.4 Å². The van der Waals surface area contributed by atoms with Gasteiger partial charge in [0, 0.05) is 23.5 Å². The molecule has 0 saturated carbocycles. The predicted molar refractivity (Wildman–Crippen MR) is 128 cm³/mol. The van der Waals surface area contributed by atoms with Gasteiger partial charge >= 0.3 is 0 Å². The van der Waals surface area contributed by atoms with Crippen LogP contribution in [0.1, 0.15) is 36.2 Å². The van der Waals surface area contributed by atoms with Crippen LogP contribution in [0.3, 0.4) is 0 Å². The standard InChI is InChI=1S/C26H29N3O3/c1-3-19(2)32-24-14-12-22(13-15-24)27-18-25(30)29-23-11-7-10-21(16-23)26(31)28-17-20-8-5-4-6-9-20/h4-16,19,27H,3,17-18H2,1-2H3,(H,28,31)(H,29,30). The molecule has 0 heterocycles. The third-order valence-electron chi connectivity index (χ3n) is 4.92. The van der Waals surface area contributed by atoms with Gasteiger partial charge in [-0.3, -0.25) is 9.59 Å². The summed E-state index contributed by atoms with van der Waals surface area (Å²) in [4.78, 5) is 24.8. The summed E-state index contributed by atoms with van der Waals surface area (Å²) in [7, 11) is 0. The molecule has 1 unspecified atom stereocenters.